The van der Waals surface area contributed by atoms with Gasteiger partial charge in [-0.05, 0) is 56.5 Å². The Bertz CT molecular complexity index is 1750. The first-order valence-electron chi connectivity index (χ1n) is 14.6. The molecule has 1 unspecified atom stereocenters. The summed E-state index contributed by atoms with van der Waals surface area (Å²) in [5.41, 5.74) is 0.855. The van der Waals surface area contributed by atoms with Crippen molar-refractivity contribution in [3.63, 3.8) is 0 Å². The lowest BCUT2D eigenvalue weighted by atomic mass is 9.95. The molecular weight excluding hydrogens is 608 g/mol. The van der Waals surface area contributed by atoms with Crippen molar-refractivity contribution >= 4 is 34.7 Å². The van der Waals surface area contributed by atoms with Crippen LogP contribution in [0.15, 0.2) is 49.1 Å². The van der Waals surface area contributed by atoms with Crippen molar-refractivity contribution in [2.45, 2.75) is 44.9 Å². The molecule has 2 aliphatic heterocycles. The van der Waals surface area contributed by atoms with E-state index in [-0.39, 0.29) is 51.7 Å². The largest absolute Gasteiger partial charge is 0.434 e. The van der Waals surface area contributed by atoms with Crippen LogP contribution in [-0.2, 0) is 11.3 Å². The normalized spacial score (nSPS) is 17.8. The van der Waals surface area contributed by atoms with E-state index in [9.17, 15) is 23.6 Å². The van der Waals surface area contributed by atoms with Crippen molar-refractivity contribution in [3.8, 4) is 23.1 Å². The summed E-state index contributed by atoms with van der Waals surface area (Å²) in [6, 6.07) is 8.49. The molecule has 3 aromatic heterocycles. The van der Waals surface area contributed by atoms with Crippen molar-refractivity contribution in [3.05, 3.63) is 59.6 Å². The number of nitrogens with one attached hydrogen (secondary N) is 1. The third-order valence-electron chi connectivity index (χ3n) is 8.21. The van der Waals surface area contributed by atoms with Crippen LogP contribution >= 0.6 is 11.6 Å². The Hall–Kier alpha value is -4.61. The van der Waals surface area contributed by atoms with Gasteiger partial charge in [-0.15, -0.1) is 0 Å². The Balaban J connectivity index is 1.23. The predicted molar refractivity (Wildman–Crippen MR) is 160 cm³/mol. The highest BCUT2D eigenvalue weighted by Crippen LogP contribution is 2.37. The summed E-state index contributed by atoms with van der Waals surface area (Å²) in [4.78, 5) is 35.1. The maximum Gasteiger partial charge on any atom is 0.387 e. The average molecular weight is 638 g/mol. The van der Waals surface area contributed by atoms with Crippen LogP contribution in [0.3, 0.4) is 0 Å². The molecule has 1 aromatic carbocycles. The molecule has 2 saturated heterocycles. The summed E-state index contributed by atoms with van der Waals surface area (Å²) in [6.45, 7) is -0.388. The van der Waals surface area contributed by atoms with Crippen LogP contribution in [-0.4, -0.2) is 84.8 Å². The molecule has 4 aromatic rings. The number of anilines is 1. The number of fused-ring (bicyclic) bond motifs is 1. The zero-order valence-corrected chi connectivity index (χ0v) is 24.9. The second-order valence-electron chi connectivity index (χ2n) is 11.1. The Morgan fingerprint density at radius 1 is 1.20 bits per heavy atom. The highest BCUT2D eigenvalue weighted by atomic mass is 35.5. The van der Waals surface area contributed by atoms with Crippen molar-refractivity contribution in [2.24, 2.45) is 5.92 Å². The highest BCUT2D eigenvalue weighted by molar-refractivity contribution is 6.31. The highest BCUT2D eigenvalue weighted by Gasteiger charge is 2.31. The van der Waals surface area contributed by atoms with Gasteiger partial charge in [0.15, 0.2) is 5.65 Å². The van der Waals surface area contributed by atoms with Crippen molar-refractivity contribution in [1.29, 1.82) is 5.26 Å². The molecule has 5 heterocycles. The molecule has 0 spiro atoms. The smallest absolute Gasteiger partial charge is 0.387 e. The fraction of sp³-hybridized carbons (Fsp3) is 0.400. The first-order valence-corrected chi connectivity index (χ1v) is 15.0. The van der Waals surface area contributed by atoms with Crippen LogP contribution in [0.5, 0.6) is 5.75 Å². The Labute approximate surface area is 262 Å². The molecule has 2 fully saturated rings. The predicted octanol–water partition coefficient (Wildman–Crippen LogP) is 4.33. The summed E-state index contributed by atoms with van der Waals surface area (Å²) in [6.07, 6.45) is 9.56. The second kappa shape index (κ2) is 13.2. The number of nitriles is 1. The summed E-state index contributed by atoms with van der Waals surface area (Å²) in [5, 5.41) is 21.0. The molecule has 6 rings (SSSR count). The van der Waals surface area contributed by atoms with Gasteiger partial charge in [-0.2, -0.15) is 24.2 Å². The van der Waals surface area contributed by atoms with Gasteiger partial charge in [0, 0.05) is 54.9 Å². The number of rotatable bonds is 8. The van der Waals surface area contributed by atoms with E-state index in [1.165, 1.54) is 46.0 Å². The maximum atomic E-state index is 13.4. The lowest BCUT2D eigenvalue weighted by molar-refractivity contribution is -0.133. The molecular formula is C30H30ClF2N9O3. The van der Waals surface area contributed by atoms with Crippen LogP contribution < -0.4 is 10.1 Å². The molecule has 0 bridgehead atoms. The van der Waals surface area contributed by atoms with Gasteiger partial charge in [0.25, 0.3) is 5.91 Å². The lowest BCUT2D eigenvalue weighted by Gasteiger charge is -2.41. The quantitative estimate of drug-likeness (QED) is 0.302. The Morgan fingerprint density at radius 3 is 2.80 bits per heavy atom. The van der Waals surface area contributed by atoms with Gasteiger partial charge in [-0.3, -0.25) is 19.2 Å². The molecule has 1 N–H and O–H groups in total. The molecule has 0 aliphatic carbocycles. The van der Waals surface area contributed by atoms with Crippen LogP contribution in [0.25, 0.3) is 16.9 Å². The lowest BCUT2D eigenvalue weighted by Crippen LogP contribution is -2.50. The van der Waals surface area contributed by atoms with Gasteiger partial charge in [-0.25, -0.2) is 9.50 Å². The number of alkyl halides is 2. The number of carbonyl (C=O) groups is 2. The van der Waals surface area contributed by atoms with E-state index in [0.29, 0.717) is 24.8 Å². The topological polar surface area (TPSA) is 134 Å². The first kappa shape index (κ1) is 30.4. The number of nitrogens with zero attached hydrogens (tertiary/aromatic N) is 8. The van der Waals surface area contributed by atoms with E-state index >= 15 is 0 Å². The Kier molecular flexibility index (Phi) is 8.90. The van der Waals surface area contributed by atoms with E-state index in [1.54, 1.807) is 17.2 Å². The van der Waals surface area contributed by atoms with Gasteiger partial charge in [0.05, 0.1) is 23.9 Å². The number of hydrogen-bond donors (Lipinski definition) is 1. The molecule has 0 saturated carbocycles. The molecule has 234 valence electrons. The number of piperidine rings is 2. The molecule has 12 nitrogen and oxygen atoms in total. The molecule has 2 aliphatic rings. The third-order valence-corrected chi connectivity index (χ3v) is 8.45. The maximum absolute atomic E-state index is 13.4. The monoisotopic (exact) mass is 637 g/mol. The first-order chi connectivity index (χ1) is 21.8. The van der Waals surface area contributed by atoms with E-state index in [2.05, 4.69) is 31.5 Å². The minimum atomic E-state index is -3.12. The number of carbonyl (C=O) groups excluding carboxylic acids is 2. The van der Waals surface area contributed by atoms with E-state index in [1.807, 2.05) is 0 Å². The fourth-order valence-corrected chi connectivity index (χ4v) is 6.19. The van der Waals surface area contributed by atoms with E-state index in [4.69, 9.17) is 16.3 Å². The van der Waals surface area contributed by atoms with Crippen molar-refractivity contribution < 1.29 is 23.1 Å². The van der Waals surface area contributed by atoms with Gasteiger partial charge in [-0.1, -0.05) is 11.6 Å². The SMILES string of the molecule is N#CC1CCCN(C2CCN(C(=O)Cn3cc(NC(=O)c4cnn5cccnc45)c(-c4cc(Cl)ccc4OC(F)F)n3)CC2)C1. The second-order valence-corrected chi connectivity index (χ2v) is 11.5. The van der Waals surface area contributed by atoms with E-state index in [0.717, 1.165) is 38.8 Å². The number of ether oxygens (including phenoxy) is 1. The van der Waals surface area contributed by atoms with Gasteiger partial charge >= 0.3 is 6.61 Å². The minimum absolute atomic E-state index is 0.0531. The number of likely N-dealkylation sites (tertiary alicyclic amines) is 2. The molecule has 0 radical (unpaired) electrons. The zero-order chi connectivity index (χ0) is 31.5. The summed E-state index contributed by atoms with van der Waals surface area (Å²) < 4.78 is 34.1. The standard InChI is InChI=1S/C30H30ClF2N9O3/c31-20-4-5-25(45-30(32)33)22(13-20)27-24(37-29(44)23-15-36-42-10-2-8-35-28(23)42)17-41(38-27)18-26(43)39-11-6-21(7-12-39)40-9-1-3-19(14-34)16-40/h2,4-5,8,10,13,15,17,19,21,30H,1,3,6-7,9,11-12,16,18H2,(H,37,44). The summed E-state index contributed by atoms with van der Waals surface area (Å²) in [7, 11) is 0. The number of amides is 2. The molecule has 1 atom stereocenters. The average Bonchev–Trinajstić information content (AvgIpc) is 3.66. The minimum Gasteiger partial charge on any atom is -0.434 e. The van der Waals surface area contributed by atoms with Gasteiger partial charge < -0.3 is 15.0 Å². The van der Waals surface area contributed by atoms with Gasteiger partial charge in [0.1, 0.15) is 23.6 Å². The Morgan fingerprint density at radius 2 is 2.02 bits per heavy atom. The summed E-state index contributed by atoms with van der Waals surface area (Å²) >= 11 is 6.22. The summed E-state index contributed by atoms with van der Waals surface area (Å²) in [5.74, 6) is -0.876. The van der Waals surface area contributed by atoms with Crippen molar-refractivity contribution in [1.82, 2.24) is 34.2 Å². The number of halogens is 3. The van der Waals surface area contributed by atoms with Crippen LogP contribution in [0.2, 0.25) is 5.02 Å². The zero-order valence-electron chi connectivity index (χ0n) is 24.2. The van der Waals surface area contributed by atoms with Gasteiger partial charge in [0.2, 0.25) is 5.91 Å². The van der Waals surface area contributed by atoms with Crippen molar-refractivity contribution in [2.75, 3.05) is 31.5 Å². The third kappa shape index (κ3) is 6.74. The van der Waals surface area contributed by atoms with Crippen LogP contribution in [0, 0.1) is 17.2 Å². The van der Waals surface area contributed by atoms with Crippen LogP contribution in [0.1, 0.15) is 36.0 Å². The van der Waals surface area contributed by atoms with Crippen LogP contribution in [0.4, 0.5) is 14.5 Å². The fourth-order valence-electron chi connectivity index (χ4n) is 6.02. The molecule has 45 heavy (non-hydrogen) atoms. The number of aromatic nitrogens is 5. The molecule has 2 amide bonds. The number of benzene rings is 1. The van der Waals surface area contributed by atoms with E-state index < -0.39 is 12.5 Å². The molecule has 15 heteroatoms. The number of hydrogen-bond acceptors (Lipinski definition) is 8.